The van der Waals surface area contributed by atoms with Crippen molar-refractivity contribution >= 4 is 22.8 Å². The van der Waals surface area contributed by atoms with Gasteiger partial charge in [0, 0.05) is 31.3 Å². The number of fused-ring (bicyclic) bond motifs is 1. The molecule has 0 spiro atoms. The number of hydrogen-bond acceptors (Lipinski definition) is 4. The molecule has 1 unspecified atom stereocenters. The minimum atomic E-state index is -0.228. The van der Waals surface area contributed by atoms with Gasteiger partial charge in [-0.15, -0.1) is 0 Å². The van der Waals surface area contributed by atoms with Crippen molar-refractivity contribution in [2.75, 3.05) is 12.4 Å². The van der Waals surface area contributed by atoms with Gasteiger partial charge in [0.1, 0.15) is 6.33 Å². The third kappa shape index (κ3) is 3.94. The van der Waals surface area contributed by atoms with Crippen LogP contribution in [-0.4, -0.2) is 42.3 Å². The van der Waals surface area contributed by atoms with E-state index in [-0.39, 0.29) is 12.1 Å². The second kappa shape index (κ2) is 8.58. The van der Waals surface area contributed by atoms with Crippen molar-refractivity contribution in [1.29, 1.82) is 0 Å². The standard InChI is InChI=1S/C25H23N7O/c1-18(19-10-12-20(13-11-19)31-17-27-21-7-3-4-9-23(21)31)30(2)25(33)29-22-8-5-14-26-24(22)32-16-6-15-28-32/h3-18H,1-2H3,(H,29,33). The van der Waals surface area contributed by atoms with E-state index >= 15 is 0 Å². The van der Waals surface area contributed by atoms with Crippen LogP contribution in [0.15, 0.2) is 91.6 Å². The van der Waals surface area contributed by atoms with Crippen LogP contribution in [0.25, 0.3) is 22.5 Å². The molecule has 0 saturated carbocycles. The van der Waals surface area contributed by atoms with E-state index in [1.54, 1.807) is 41.3 Å². The Kier molecular flexibility index (Phi) is 5.32. The first-order valence-electron chi connectivity index (χ1n) is 10.6. The van der Waals surface area contributed by atoms with Crippen molar-refractivity contribution in [3.63, 3.8) is 0 Å². The molecule has 0 bridgehead atoms. The lowest BCUT2D eigenvalue weighted by Crippen LogP contribution is -2.34. The fourth-order valence-electron chi connectivity index (χ4n) is 3.75. The van der Waals surface area contributed by atoms with Gasteiger partial charge in [-0.3, -0.25) is 4.57 Å². The lowest BCUT2D eigenvalue weighted by Gasteiger charge is -2.26. The Hall–Kier alpha value is -4.46. The molecular formula is C25H23N7O. The molecular weight excluding hydrogens is 414 g/mol. The van der Waals surface area contributed by atoms with Crippen LogP contribution in [0, 0.1) is 0 Å². The van der Waals surface area contributed by atoms with Gasteiger partial charge in [0.25, 0.3) is 0 Å². The molecule has 164 valence electrons. The Labute approximate surface area is 191 Å². The number of rotatable bonds is 5. The van der Waals surface area contributed by atoms with Crippen LogP contribution in [0.4, 0.5) is 10.5 Å². The van der Waals surface area contributed by atoms with E-state index in [2.05, 4.69) is 25.0 Å². The summed E-state index contributed by atoms with van der Waals surface area (Å²) >= 11 is 0. The fourth-order valence-corrected chi connectivity index (χ4v) is 3.75. The summed E-state index contributed by atoms with van der Waals surface area (Å²) in [6.45, 7) is 2.00. The van der Waals surface area contributed by atoms with E-state index in [9.17, 15) is 4.79 Å². The van der Waals surface area contributed by atoms with Crippen molar-refractivity contribution in [1.82, 2.24) is 29.2 Å². The number of benzene rings is 2. The molecule has 33 heavy (non-hydrogen) atoms. The number of carbonyl (C=O) groups excluding carboxylic acids is 1. The summed E-state index contributed by atoms with van der Waals surface area (Å²) < 4.78 is 3.68. The number of para-hydroxylation sites is 2. The molecule has 0 aliphatic heterocycles. The highest BCUT2D eigenvalue weighted by Crippen LogP contribution is 2.24. The quantitative estimate of drug-likeness (QED) is 0.427. The fraction of sp³-hybridized carbons (Fsp3) is 0.120. The topological polar surface area (TPSA) is 80.9 Å². The van der Waals surface area contributed by atoms with Gasteiger partial charge in [-0.2, -0.15) is 5.10 Å². The third-order valence-electron chi connectivity index (χ3n) is 5.76. The average Bonchev–Trinajstić information content (AvgIpc) is 3.54. The molecule has 3 aromatic heterocycles. The van der Waals surface area contributed by atoms with E-state index in [1.165, 1.54) is 0 Å². The summed E-state index contributed by atoms with van der Waals surface area (Å²) in [5.74, 6) is 0.564. The van der Waals surface area contributed by atoms with Crippen LogP contribution >= 0.6 is 0 Å². The predicted octanol–water partition coefficient (Wildman–Crippen LogP) is 4.83. The van der Waals surface area contributed by atoms with Crippen molar-refractivity contribution in [2.24, 2.45) is 0 Å². The summed E-state index contributed by atoms with van der Waals surface area (Å²) in [7, 11) is 1.78. The summed E-state index contributed by atoms with van der Waals surface area (Å²) in [4.78, 5) is 23.5. The lowest BCUT2D eigenvalue weighted by atomic mass is 10.1. The minimum absolute atomic E-state index is 0.136. The SMILES string of the molecule is CC(c1ccc(-n2cnc3ccccc32)cc1)N(C)C(=O)Nc1cccnc1-n1cccn1. The van der Waals surface area contributed by atoms with Crippen LogP contribution in [0.3, 0.4) is 0 Å². The predicted molar refractivity (Wildman–Crippen MR) is 128 cm³/mol. The largest absolute Gasteiger partial charge is 0.322 e. The van der Waals surface area contributed by atoms with Crippen LogP contribution in [0.2, 0.25) is 0 Å². The molecule has 8 nitrogen and oxygen atoms in total. The molecule has 3 heterocycles. The monoisotopic (exact) mass is 437 g/mol. The van der Waals surface area contributed by atoms with Crippen molar-refractivity contribution in [3.05, 3.63) is 97.2 Å². The smallest absolute Gasteiger partial charge is 0.321 e. The number of nitrogens with zero attached hydrogens (tertiary/aromatic N) is 6. The number of nitrogens with one attached hydrogen (secondary N) is 1. The zero-order chi connectivity index (χ0) is 22.8. The maximum atomic E-state index is 13.0. The maximum absolute atomic E-state index is 13.0. The van der Waals surface area contributed by atoms with Gasteiger partial charge < -0.3 is 10.2 Å². The molecule has 1 N–H and O–H groups in total. The molecule has 0 fully saturated rings. The highest BCUT2D eigenvalue weighted by atomic mass is 16.2. The molecule has 1 atom stereocenters. The highest BCUT2D eigenvalue weighted by Gasteiger charge is 2.19. The first-order chi connectivity index (χ1) is 16.1. The Balaban J connectivity index is 1.33. The lowest BCUT2D eigenvalue weighted by molar-refractivity contribution is 0.208. The minimum Gasteiger partial charge on any atom is -0.321 e. The van der Waals surface area contributed by atoms with Gasteiger partial charge in [0.2, 0.25) is 0 Å². The van der Waals surface area contributed by atoms with Crippen molar-refractivity contribution in [2.45, 2.75) is 13.0 Å². The van der Waals surface area contributed by atoms with Gasteiger partial charge in [0.15, 0.2) is 5.82 Å². The number of hydrogen-bond donors (Lipinski definition) is 1. The number of aromatic nitrogens is 5. The van der Waals surface area contributed by atoms with Gasteiger partial charge in [0.05, 0.1) is 22.8 Å². The Morgan fingerprint density at radius 2 is 1.79 bits per heavy atom. The summed E-state index contributed by atoms with van der Waals surface area (Å²) in [5.41, 5.74) is 4.65. The Morgan fingerprint density at radius 1 is 0.970 bits per heavy atom. The number of anilines is 1. The van der Waals surface area contributed by atoms with Crippen LogP contribution in [-0.2, 0) is 0 Å². The van der Waals surface area contributed by atoms with Crippen molar-refractivity contribution in [3.8, 4) is 11.5 Å². The molecule has 0 aliphatic carbocycles. The number of imidazole rings is 1. The Bertz CT molecular complexity index is 1390. The molecule has 0 radical (unpaired) electrons. The average molecular weight is 438 g/mol. The van der Waals surface area contributed by atoms with E-state index in [4.69, 9.17) is 0 Å². The molecule has 5 rings (SSSR count). The number of carbonyl (C=O) groups is 1. The van der Waals surface area contributed by atoms with Crippen molar-refractivity contribution < 1.29 is 4.79 Å². The zero-order valence-corrected chi connectivity index (χ0v) is 18.3. The molecule has 8 heteroatoms. The maximum Gasteiger partial charge on any atom is 0.322 e. The summed E-state index contributed by atoms with van der Waals surface area (Å²) in [6, 6.07) is 21.2. The van der Waals surface area contributed by atoms with E-state index < -0.39 is 0 Å². The molecule has 0 aliphatic rings. The van der Waals surface area contributed by atoms with Gasteiger partial charge in [-0.05, 0) is 55.0 Å². The number of pyridine rings is 1. The number of amides is 2. The second-order valence-electron chi connectivity index (χ2n) is 7.74. The molecule has 2 aromatic carbocycles. The zero-order valence-electron chi connectivity index (χ0n) is 18.3. The van der Waals surface area contributed by atoms with E-state index in [0.717, 1.165) is 22.3 Å². The highest BCUT2D eigenvalue weighted by molar-refractivity contribution is 5.91. The number of urea groups is 1. The van der Waals surface area contributed by atoms with Crippen LogP contribution < -0.4 is 5.32 Å². The molecule has 0 saturated heterocycles. The van der Waals surface area contributed by atoms with E-state index in [1.807, 2.05) is 73.9 Å². The normalized spacial score (nSPS) is 11.9. The van der Waals surface area contributed by atoms with Gasteiger partial charge >= 0.3 is 6.03 Å². The second-order valence-corrected chi connectivity index (χ2v) is 7.74. The first kappa shape index (κ1) is 20.4. The first-order valence-corrected chi connectivity index (χ1v) is 10.6. The van der Waals surface area contributed by atoms with E-state index in [0.29, 0.717) is 11.5 Å². The van der Waals surface area contributed by atoms with Crippen LogP contribution in [0.1, 0.15) is 18.5 Å². The van der Waals surface area contributed by atoms with Gasteiger partial charge in [-0.1, -0.05) is 24.3 Å². The molecule has 2 amide bonds. The van der Waals surface area contributed by atoms with Crippen LogP contribution in [0.5, 0.6) is 0 Å². The Morgan fingerprint density at radius 3 is 2.58 bits per heavy atom. The summed E-state index contributed by atoms with van der Waals surface area (Å²) in [6.07, 6.45) is 6.96. The van der Waals surface area contributed by atoms with Gasteiger partial charge in [-0.25, -0.2) is 19.4 Å². The molecule has 5 aromatic rings. The third-order valence-corrected chi connectivity index (χ3v) is 5.76. The summed E-state index contributed by atoms with van der Waals surface area (Å²) in [5, 5.41) is 7.17.